The fraction of sp³-hybridized carbons (Fsp3) is 0.375. The highest BCUT2D eigenvalue weighted by Gasteiger charge is 2.54. The van der Waals surface area contributed by atoms with Crippen LogP contribution in [0.25, 0.3) is 22.5 Å². The third-order valence-corrected chi connectivity index (χ3v) is 8.63. The van der Waals surface area contributed by atoms with Gasteiger partial charge < -0.3 is 15.0 Å². The van der Waals surface area contributed by atoms with Crippen molar-refractivity contribution in [3.63, 3.8) is 0 Å². The minimum absolute atomic E-state index is 0.164. The van der Waals surface area contributed by atoms with Gasteiger partial charge in [-0.05, 0) is 47.1 Å². The summed E-state index contributed by atoms with van der Waals surface area (Å²) in [4.78, 5) is 34.7. The van der Waals surface area contributed by atoms with Crippen molar-refractivity contribution in [1.29, 1.82) is 5.41 Å². The largest absolute Gasteiger partial charge is 0.447 e. The fourth-order valence-electron chi connectivity index (χ4n) is 6.00. The molecule has 15 heteroatoms. The zero-order valence-corrected chi connectivity index (χ0v) is 26.8. The van der Waals surface area contributed by atoms with Gasteiger partial charge in [-0.2, -0.15) is 19.0 Å². The van der Waals surface area contributed by atoms with E-state index in [1.165, 1.54) is 23.6 Å². The summed E-state index contributed by atoms with van der Waals surface area (Å²) in [5.74, 6) is -0.157. The molecule has 0 saturated carbocycles. The Morgan fingerprint density at radius 1 is 1.15 bits per heavy atom. The van der Waals surface area contributed by atoms with Gasteiger partial charge in [0.25, 0.3) is 5.91 Å². The van der Waals surface area contributed by atoms with E-state index in [9.17, 15) is 18.4 Å². The number of guanidine groups is 1. The minimum atomic E-state index is -2.76. The molecule has 2 aliphatic rings. The number of benzene rings is 2. The molecule has 2 atom stereocenters. The lowest BCUT2D eigenvalue weighted by atomic mass is 9.75. The summed E-state index contributed by atoms with van der Waals surface area (Å²) in [6.45, 7) is 4.19. The number of ether oxygens (including phenoxy) is 1. The smallest absolute Gasteiger partial charge is 0.409 e. The Labute approximate surface area is 274 Å². The van der Waals surface area contributed by atoms with Gasteiger partial charge in [-0.3, -0.25) is 20.2 Å². The number of aromatic nitrogens is 5. The number of carbonyl (C=O) groups excluding carboxylic acids is 2. The molecule has 3 N–H and O–H groups in total. The lowest BCUT2D eigenvalue weighted by Crippen LogP contribution is -2.47. The average molecular weight is 666 g/mol. The van der Waals surface area contributed by atoms with Crippen LogP contribution in [-0.2, 0) is 15.1 Å². The maximum atomic E-state index is 14.8. The first-order valence-electron chi connectivity index (χ1n) is 15.1. The molecule has 2 aliphatic heterocycles. The van der Waals surface area contributed by atoms with Crippen molar-refractivity contribution in [2.75, 3.05) is 19.7 Å². The van der Waals surface area contributed by atoms with Crippen LogP contribution in [0.3, 0.4) is 0 Å². The monoisotopic (exact) mass is 665 g/mol. The summed E-state index contributed by atoms with van der Waals surface area (Å²) in [5, 5.41) is 23.1. The van der Waals surface area contributed by atoms with E-state index < -0.39 is 30.1 Å². The van der Waals surface area contributed by atoms with Gasteiger partial charge in [-0.15, -0.1) is 0 Å². The van der Waals surface area contributed by atoms with Gasteiger partial charge in [0.2, 0.25) is 0 Å². The number of hydrogen-bond acceptors (Lipinski definition) is 7. The highest BCUT2D eigenvalue weighted by Crippen LogP contribution is 2.43. The molecular weight excluding hydrogens is 632 g/mol. The number of alkyl halides is 2. The molecule has 2 fully saturated rings. The first kappa shape index (κ1) is 32.1. The normalized spacial score (nSPS) is 18.8. The Hall–Kier alpha value is -4.85. The number of nitrogens with zero attached hydrogens (tertiary/aromatic N) is 6. The van der Waals surface area contributed by atoms with Crippen LogP contribution in [0.4, 0.5) is 13.6 Å². The third kappa shape index (κ3) is 6.29. The van der Waals surface area contributed by atoms with Crippen LogP contribution in [0.1, 0.15) is 57.3 Å². The molecule has 47 heavy (non-hydrogen) atoms. The summed E-state index contributed by atoms with van der Waals surface area (Å²) in [7, 11) is 0. The first-order valence-corrected chi connectivity index (χ1v) is 15.4. The zero-order valence-electron chi connectivity index (χ0n) is 26.0. The molecule has 6 rings (SSSR count). The molecule has 2 aromatic heterocycles. The molecule has 0 spiro atoms. The molecule has 246 valence electrons. The van der Waals surface area contributed by atoms with Crippen molar-refractivity contribution in [1.82, 2.24) is 40.1 Å². The van der Waals surface area contributed by atoms with Crippen LogP contribution in [0.2, 0.25) is 5.02 Å². The van der Waals surface area contributed by atoms with Gasteiger partial charge in [0.05, 0.1) is 17.3 Å². The molecule has 0 radical (unpaired) electrons. The van der Waals surface area contributed by atoms with E-state index in [1.54, 1.807) is 47.4 Å². The van der Waals surface area contributed by atoms with Crippen LogP contribution in [0.15, 0.2) is 61.2 Å². The van der Waals surface area contributed by atoms with Crippen LogP contribution < -0.4 is 5.32 Å². The van der Waals surface area contributed by atoms with Gasteiger partial charge in [-0.25, -0.2) is 14.5 Å². The molecule has 2 amide bonds. The van der Waals surface area contributed by atoms with Gasteiger partial charge in [-0.1, -0.05) is 62.7 Å². The van der Waals surface area contributed by atoms with Gasteiger partial charge >= 0.3 is 12.6 Å². The Balaban J connectivity index is 1.39. The highest BCUT2D eigenvalue weighted by molar-refractivity contribution is 6.33. The average Bonchev–Trinajstić information content (AvgIpc) is 3.75. The SMILES string of the molecule is CC(C)(C)C[C@]1(c2ccc(-c3cnn(C(F)F)c3)cc2)NC(=N)N([C@H](COC(=O)N2CCC2)c2ccc(Cl)c(-c3ncn[nH]3)c2)C1=O. The molecule has 0 aliphatic carbocycles. The molecule has 0 unspecified atom stereocenters. The van der Waals surface area contributed by atoms with Gasteiger partial charge in [0, 0.05) is 30.4 Å². The van der Waals surface area contributed by atoms with E-state index in [4.69, 9.17) is 21.7 Å². The van der Waals surface area contributed by atoms with Gasteiger partial charge in [0.1, 0.15) is 18.5 Å². The second-order valence-corrected chi connectivity index (χ2v) is 13.3. The second kappa shape index (κ2) is 12.4. The molecular formula is C32H34ClF2N9O3. The van der Waals surface area contributed by atoms with E-state index in [-0.39, 0.29) is 18.0 Å². The summed E-state index contributed by atoms with van der Waals surface area (Å²) >= 11 is 6.52. The number of nitrogens with one attached hydrogen (secondary N) is 3. The number of carbonyl (C=O) groups is 2. The Bertz CT molecular complexity index is 1790. The topological polar surface area (TPSA) is 145 Å². The molecule has 0 bridgehead atoms. The Morgan fingerprint density at radius 2 is 1.89 bits per heavy atom. The molecule has 4 aromatic rings. The van der Waals surface area contributed by atoms with E-state index in [0.29, 0.717) is 62.9 Å². The number of amides is 2. The Morgan fingerprint density at radius 3 is 2.49 bits per heavy atom. The summed E-state index contributed by atoms with van der Waals surface area (Å²) in [5.41, 5.74) is 1.07. The number of rotatable bonds is 9. The standard InChI is InChI=1S/C32H34ClF2N9O3/c1-31(2,3)17-32(22-8-5-19(6-9-22)21-14-39-43(15-21)28(34)35)27(45)44(29(36)40-32)25(16-47-30(46)42-11-4-12-42)20-7-10-24(33)23(13-20)26-37-18-38-41-26/h5-10,13-15,18,25,28H,4,11-12,16-17H2,1-3H3,(H2,36,40)(H,37,38,41)/t25-,32-/m1/s1. The van der Waals surface area contributed by atoms with Crippen molar-refractivity contribution in [3.05, 3.63) is 77.3 Å². The van der Waals surface area contributed by atoms with Crippen LogP contribution >= 0.6 is 11.6 Å². The summed E-state index contributed by atoms with van der Waals surface area (Å²) < 4.78 is 32.6. The number of aromatic amines is 1. The maximum absolute atomic E-state index is 14.8. The van der Waals surface area contributed by atoms with Gasteiger partial charge in [0.15, 0.2) is 11.8 Å². The van der Waals surface area contributed by atoms with Crippen molar-refractivity contribution < 1.29 is 23.1 Å². The van der Waals surface area contributed by atoms with E-state index >= 15 is 0 Å². The highest BCUT2D eigenvalue weighted by atomic mass is 35.5. The quantitative estimate of drug-likeness (QED) is 0.200. The molecule has 12 nitrogen and oxygen atoms in total. The number of H-pyrrole nitrogens is 1. The van der Waals surface area contributed by atoms with Crippen molar-refractivity contribution >= 4 is 29.6 Å². The maximum Gasteiger partial charge on any atom is 0.409 e. The van der Waals surface area contributed by atoms with Crippen LogP contribution in [0, 0.1) is 10.8 Å². The third-order valence-electron chi connectivity index (χ3n) is 8.30. The minimum Gasteiger partial charge on any atom is -0.447 e. The molecule has 4 heterocycles. The summed E-state index contributed by atoms with van der Waals surface area (Å²) in [6.07, 6.45) is 4.66. The fourth-order valence-corrected chi connectivity index (χ4v) is 6.21. The molecule has 2 saturated heterocycles. The first-order chi connectivity index (χ1) is 22.4. The lowest BCUT2D eigenvalue weighted by molar-refractivity contribution is -0.135. The number of likely N-dealkylation sites (tertiary alicyclic amines) is 1. The predicted molar refractivity (Wildman–Crippen MR) is 169 cm³/mol. The van der Waals surface area contributed by atoms with Crippen molar-refractivity contribution in [2.45, 2.75) is 51.7 Å². The van der Waals surface area contributed by atoms with E-state index in [0.717, 1.165) is 6.42 Å². The Kier molecular flexibility index (Phi) is 8.47. The van der Waals surface area contributed by atoms with E-state index in [1.807, 2.05) is 20.8 Å². The number of halogens is 3. The zero-order chi connectivity index (χ0) is 33.5. The van der Waals surface area contributed by atoms with Crippen molar-refractivity contribution in [3.8, 4) is 22.5 Å². The number of hydrogen-bond donors (Lipinski definition) is 3. The van der Waals surface area contributed by atoms with E-state index in [2.05, 4.69) is 25.6 Å². The second-order valence-electron chi connectivity index (χ2n) is 12.9. The van der Waals surface area contributed by atoms with Crippen LogP contribution in [-0.4, -0.2) is 72.4 Å². The predicted octanol–water partition coefficient (Wildman–Crippen LogP) is 5.97. The van der Waals surface area contributed by atoms with Crippen molar-refractivity contribution in [2.24, 2.45) is 5.41 Å². The summed E-state index contributed by atoms with van der Waals surface area (Å²) in [6, 6.07) is 11.2. The lowest BCUT2D eigenvalue weighted by Gasteiger charge is -2.35. The molecule has 2 aromatic carbocycles. The van der Waals surface area contributed by atoms with Crippen LogP contribution in [0.5, 0.6) is 0 Å².